The highest BCUT2D eigenvalue weighted by atomic mass is 35.5. The van der Waals surface area contributed by atoms with Gasteiger partial charge in [0.05, 0.1) is 17.6 Å². The van der Waals surface area contributed by atoms with Crippen molar-refractivity contribution in [2.24, 2.45) is 5.92 Å². The maximum atomic E-state index is 6.11. The lowest BCUT2D eigenvalue weighted by Crippen LogP contribution is -2.24. The van der Waals surface area contributed by atoms with Crippen molar-refractivity contribution >= 4 is 22.6 Å². The molecule has 0 bridgehead atoms. The molecule has 2 aromatic heterocycles. The average molecular weight is 278 g/mol. The standard InChI is InChI=1S/C15H20ClN3/c1-2-11-5-3-4-6-13(11)19-14-7-8-17-10-12(14)18-15(19)9-16/h7-8,10-11,13H,2-6,9H2,1H3. The van der Waals surface area contributed by atoms with Crippen LogP contribution in [0, 0.1) is 5.92 Å². The van der Waals surface area contributed by atoms with Crippen molar-refractivity contribution in [1.29, 1.82) is 0 Å². The summed E-state index contributed by atoms with van der Waals surface area (Å²) in [6.45, 7) is 2.30. The monoisotopic (exact) mass is 277 g/mol. The van der Waals surface area contributed by atoms with Gasteiger partial charge in [0.2, 0.25) is 0 Å². The van der Waals surface area contributed by atoms with E-state index < -0.39 is 0 Å². The number of rotatable bonds is 3. The Morgan fingerprint density at radius 1 is 1.37 bits per heavy atom. The summed E-state index contributed by atoms with van der Waals surface area (Å²) in [6.07, 6.45) is 10.2. The molecule has 4 heteroatoms. The highest BCUT2D eigenvalue weighted by Gasteiger charge is 2.28. The van der Waals surface area contributed by atoms with E-state index in [-0.39, 0.29) is 0 Å². The molecule has 0 saturated heterocycles. The molecule has 102 valence electrons. The lowest BCUT2D eigenvalue weighted by atomic mass is 9.82. The smallest absolute Gasteiger partial charge is 0.125 e. The van der Waals surface area contributed by atoms with Gasteiger partial charge in [-0.05, 0) is 24.8 Å². The molecule has 0 spiro atoms. The summed E-state index contributed by atoms with van der Waals surface area (Å²) in [5, 5.41) is 0. The molecule has 19 heavy (non-hydrogen) atoms. The zero-order chi connectivity index (χ0) is 13.2. The Kier molecular flexibility index (Phi) is 3.74. The van der Waals surface area contributed by atoms with Crippen molar-refractivity contribution in [2.75, 3.05) is 0 Å². The van der Waals surface area contributed by atoms with Crippen LogP contribution in [0.5, 0.6) is 0 Å². The fraction of sp³-hybridized carbons (Fsp3) is 0.600. The number of aromatic nitrogens is 3. The second-order valence-corrected chi connectivity index (χ2v) is 5.68. The Labute approximate surface area is 119 Å². The van der Waals surface area contributed by atoms with E-state index in [1.807, 2.05) is 12.4 Å². The third-order valence-corrected chi connectivity index (χ3v) is 4.65. The molecular weight excluding hydrogens is 258 g/mol. The van der Waals surface area contributed by atoms with E-state index >= 15 is 0 Å². The van der Waals surface area contributed by atoms with E-state index in [1.54, 1.807) is 0 Å². The van der Waals surface area contributed by atoms with Gasteiger partial charge in [0.25, 0.3) is 0 Å². The average Bonchev–Trinajstić information content (AvgIpc) is 2.85. The summed E-state index contributed by atoms with van der Waals surface area (Å²) in [7, 11) is 0. The summed E-state index contributed by atoms with van der Waals surface area (Å²) in [5.74, 6) is 2.22. The van der Waals surface area contributed by atoms with Gasteiger partial charge >= 0.3 is 0 Å². The van der Waals surface area contributed by atoms with Crippen LogP contribution in [0.1, 0.15) is 50.9 Å². The van der Waals surface area contributed by atoms with Crippen LogP contribution in [0.15, 0.2) is 18.5 Å². The number of fused-ring (bicyclic) bond motifs is 1. The first kappa shape index (κ1) is 12.9. The topological polar surface area (TPSA) is 30.7 Å². The lowest BCUT2D eigenvalue weighted by molar-refractivity contribution is 0.234. The minimum Gasteiger partial charge on any atom is -0.323 e. The number of nitrogens with zero attached hydrogens (tertiary/aromatic N) is 3. The van der Waals surface area contributed by atoms with Crippen LogP contribution < -0.4 is 0 Å². The van der Waals surface area contributed by atoms with E-state index in [2.05, 4.69) is 27.5 Å². The van der Waals surface area contributed by atoms with Gasteiger partial charge in [-0.15, -0.1) is 11.6 Å². The van der Waals surface area contributed by atoms with Gasteiger partial charge in [-0.2, -0.15) is 0 Å². The molecule has 1 aliphatic rings. The van der Waals surface area contributed by atoms with E-state index in [0.29, 0.717) is 11.9 Å². The molecule has 1 fully saturated rings. The van der Waals surface area contributed by atoms with E-state index in [4.69, 9.17) is 11.6 Å². The zero-order valence-electron chi connectivity index (χ0n) is 11.3. The normalized spacial score (nSPS) is 23.9. The van der Waals surface area contributed by atoms with Crippen LogP contribution >= 0.6 is 11.6 Å². The Balaban J connectivity index is 2.11. The third kappa shape index (κ3) is 2.25. The Hall–Kier alpha value is -1.09. The second-order valence-electron chi connectivity index (χ2n) is 5.42. The van der Waals surface area contributed by atoms with Crippen LogP contribution in [-0.2, 0) is 5.88 Å². The van der Waals surface area contributed by atoms with Gasteiger partial charge in [-0.25, -0.2) is 4.98 Å². The Morgan fingerprint density at radius 3 is 3.00 bits per heavy atom. The first-order valence-electron chi connectivity index (χ1n) is 7.22. The predicted octanol–water partition coefficient (Wildman–Crippen LogP) is 4.31. The van der Waals surface area contributed by atoms with Crippen LogP contribution in [-0.4, -0.2) is 14.5 Å². The van der Waals surface area contributed by atoms with Gasteiger partial charge in [0.15, 0.2) is 0 Å². The first-order chi connectivity index (χ1) is 9.35. The first-order valence-corrected chi connectivity index (χ1v) is 7.75. The molecule has 3 nitrogen and oxygen atoms in total. The predicted molar refractivity (Wildman–Crippen MR) is 78.4 cm³/mol. The largest absolute Gasteiger partial charge is 0.323 e. The molecule has 3 rings (SSSR count). The number of imidazole rings is 1. The van der Waals surface area contributed by atoms with E-state index in [0.717, 1.165) is 17.3 Å². The summed E-state index contributed by atoms with van der Waals surface area (Å²) in [6, 6.07) is 2.62. The number of halogens is 1. The van der Waals surface area contributed by atoms with Crippen molar-refractivity contribution in [2.45, 2.75) is 50.9 Å². The quantitative estimate of drug-likeness (QED) is 0.783. The molecule has 0 aliphatic heterocycles. The van der Waals surface area contributed by atoms with Crippen LogP contribution in [0.4, 0.5) is 0 Å². The summed E-state index contributed by atoms with van der Waals surface area (Å²) in [5.41, 5.74) is 2.16. The number of hydrogen-bond acceptors (Lipinski definition) is 2. The molecule has 2 heterocycles. The fourth-order valence-corrected chi connectivity index (χ4v) is 3.66. The molecule has 0 radical (unpaired) electrons. The number of pyridine rings is 1. The molecule has 0 amide bonds. The number of alkyl halides is 1. The fourth-order valence-electron chi connectivity index (χ4n) is 3.47. The highest BCUT2D eigenvalue weighted by Crippen LogP contribution is 2.38. The minimum atomic E-state index is 0.474. The van der Waals surface area contributed by atoms with Crippen LogP contribution in [0.25, 0.3) is 11.0 Å². The molecule has 0 aromatic carbocycles. The Bertz CT molecular complexity index is 564. The van der Waals surface area contributed by atoms with E-state index in [1.165, 1.54) is 37.6 Å². The van der Waals surface area contributed by atoms with Crippen molar-refractivity contribution < 1.29 is 0 Å². The summed E-state index contributed by atoms with van der Waals surface area (Å²) < 4.78 is 2.39. The van der Waals surface area contributed by atoms with Crippen molar-refractivity contribution in [3.05, 3.63) is 24.3 Å². The van der Waals surface area contributed by atoms with Crippen LogP contribution in [0.2, 0.25) is 0 Å². The summed E-state index contributed by atoms with van der Waals surface area (Å²) in [4.78, 5) is 8.81. The molecule has 1 aliphatic carbocycles. The summed E-state index contributed by atoms with van der Waals surface area (Å²) >= 11 is 6.11. The van der Waals surface area contributed by atoms with E-state index in [9.17, 15) is 0 Å². The third-order valence-electron chi connectivity index (χ3n) is 4.41. The lowest BCUT2D eigenvalue weighted by Gasteiger charge is -2.33. The zero-order valence-corrected chi connectivity index (χ0v) is 12.1. The van der Waals surface area contributed by atoms with Crippen molar-refractivity contribution in [1.82, 2.24) is 14.5 Å². The van der Waals surface area contributed by atoms with Crippen molar-refractivity contribution in [3.63, 3.8) is 0 Å². The van der Waals surface area contributed by atoms with Crippen molar-refractivity contribution in [3.8, 4) is 0 Å². The molecular formula is C15H20ClN3. The minimum absolute atomic E-state index is 0.474. The number of hydrogen-bond donors (Lipinski definition) is 0. The second kappa shape index (κ2) is 5.49. The Morgan fingerprint density at radius 2 is 2.21 bits per heavy atom. The van der Waals surface area contributed by atoms with Gasteiger partial charge in [-0.1, -0.05) is 26.2 Å². The molecule has 0 N–H and O–H groups in total. The van der Waals surface area contributed by atoms with Gasteiger partial charge in [-0.3, -0.25) is 4.98 Å². The highest BCUT2D eigenvalue weighted by molar-refractivity contribution is 6.16. The molecule has 2 unspecified atom stereocenters. The molecule has 2 atom stereocenters. The SMILES string of the molecule is CCC1CCCCC1n1c(CCl)nc2cnccc21. The van der Waals surface area contributed by atoms with Gasteiger partial charge < -0.3 is 4.57 Å². The molecule has 2 aromatic rings. The maximum Gasteiger partial charge on any atom is 0.125 e. The maximum absolute atomic E-state index is 6.11. The van der Waals surface area contributed by atoms with Gasteiger partial charge in [0, 0.05) is 12.2 Å². The molecule has 1 saturated carbocycles. The van der Waals surface area contributed by atoms with Gasteiger partial charge in [0.1, 0.15) is 11.3 Å². The van der Waals surface area contributed by atoms with Crippen LogP contribution in [0.3, 0.4) is 0 Å².